The molecule has 1 unspecified atom stereocenters. The molecule has 0 aliphatic heterocycles. The number of halogens is 2. The van der Waals surface area contributed by atoms with Crippen LogP contribution in [-0.4, -0.2) is 10.2 Å². The van der Waals surface area contributed by atoms with Crippen LogP contribution >= 0.6 is 0 Å². The van der Waals surface area contributed by atoms with Crippen molar-refractivity contribution in [1.29, 1.82) is 0 Å². The summed E-state index contributed by atoms with van der Waals surface area (Å²) >= 11 is 0. The quantitative estimate of drug-likeness (QED) is 0.834. The molecule has 0 fully saturated rings. The Labute approximate surface area is 93.5 Å². The van der Waals surface area contributed by atoms with Crippen molar-refractivity contribution >= 4 is 0 Å². The largest absolute Gasteiger partial charge is 0.507 e. The zero-order valence-electron chi connectivity index (χ0n) is 9.54. The lowest BCUT2D eigenvalue weighted by molar-refractivity contribution is 0.145. The van der Waals surface area contributed by atoms with Gasteiger partial charge in [0.2, 0.25) is 0 Å². The number of rotatable bonds is 3. The molecule has 2 nitrogen and oxygen atoms in total. The van der Waals surface area contributed by atoms with E-state index in [0.29, 0.717) is 5.56 Å². The van der Waals surface area contributed by atoms with Gasteiger partial charge in [-0.1, -0.05) is 13.8 Å². The predicted octanol–water partition coefficient (Wildman–Crippen LogP) is 3.51. The predicted molar refractivity (Wildman–Crippen MR) is 57.8 cm³/mol. The summed E-state index contributed by atoms with van der Waals surface area (Å²) in [6, 6.07) is 2.85. The average molecular weight is 230 g/mol. The number of aromatic hydroxyl groups is 1. The third kappa shape index (κ3) is 2.50. The van der Waals surface area contributed by atoms with E-state index in [9.17, 15) is 19.0 Å². The fourth-order valence-electron chi connectivity index (χ4n) is 1.52. The summed E-state index contributed by atoms with van der Waals surface area (Å²) in [4.78, 5) is 0. The van der Waals surface area contributed by atoms with Crippen molar-refractivity contribution in [2.75, 3.05) is 0 Å². The molecule has 4 heteroatoms. The van der Waals surface area contributed by atoms with E-state index in [1.54, 1.807) is 6.07 Å². The SMILES string of the molecule is CC(C)c1cc(C(C)O)c(O)c(C(F)F)c1. The highest BCUT2D eigenvalue weighted by Crippen LogP contribution is 2.37. The topological polar surface area (TPSA) is 40.5 Å². The van der Waals surface area contributed by atoms with Crippen molar-refractivity contribution in [3.8, 4) is 5.75 Å². The molecule has 16 heavy (non-hydrogen) atoms. The Morgan fingerprint density at radius 2 is 1.56 bits per heavy atom. The standard InChI is InChI=1S/C12H16F2O2/c1-6(2)8-4-9(7(3)15)11(16)10(5-8)12(13)14/h4-7,12,15-16H,1-3H3. The summed E-state index contributed by atoms with van der Waals surface area (Å²) in [7, 11) is 0. The molecule has 0 amide bonds. The summed E-state index contributed by atoms with van der Waals surface area (Å²) < 4.78 is 25.3. The van der Waals surface area contributed by atoms with Crippen molar-refractivity contribution in [3.63, 3.8) is 0 Å². The van der Waals surface area contributed by atoms with Gasteiger partial charge in [-0.3, -0.25) is 0 Å². The van der Waals surface area contributed by atoms with Crippen LogP contribution in [0, 0.1) is 0 Å². The second kappa shape index (κ2) is 4.78. The third-order valence-corrected chi connectivity index (χ3v) is 2.54. The average Bonchev–Trinajstić information content (AvgIpc) is 2.16. The Morgan fingerprint density at radius 1 is 1.06 bits per heavy atom. The number of aliphatic hydroxyl groups is 1. The minimum atomic E-state index is -2.74. The van der Waals surface area contributed by atoms with Crippen LogP contribution in [0.3, 0.4) is 0 Å². The van der Waals surface area contributed by atoms with E-state index in [2.05, 4.69) is 0 Å². The van der Waals surface area contributed by atoms with E-state index in [-0.39, 0.29) is 11.5 Å². The highest BCUT2D eigenvalue weighted by atomic mass is 19.3. The minimum absolute atomic E-state index is 0.0654. The molecule has 1 aromatic rings. The second-order valence-corrected chi connectivity index (χ2v) is 4.18. The normalized spacial score (nSPS) is 13.5. The van der Waals surface area contributed by atoms with Crippen LogP contribution in [0.4, 0.5) is 8.78 Å². The number of benzene rings is 1. The fourth-order valence-corrected chi connectivity index (χ4v) is 1.52. The number of phenols is 1. The van der Waals surface area contributed by atoms with Crippen LogP contribution in [0.5, 0.6) is 5.75 Å². The summed E-state index contributed by atoms with van der Waals surface area (Å²) in [6.45, 7) is 5.18. The van der Waals surface area contributed by atoms with Gasteiger partial charge in [0, 0.05) is 5.56 Å². The summed E-state index contributed by atoms with van der Waals surface area (Å²) in [5.74, 6) is -0.440. The van der Waals surface area contributed by atoms with E-state index in [0.717, 1.165) is 0 Å². The van der Waals surface area contributed by atoms with Crippen LogP contribution in [0.25, 0.3) is 0 Å². The van der Waals surface area contributed by atoms with Crippen molar-refractivity contribution in [3.05, 3.63) is 28.8 Å². The molecule has 0 bridgehead atoms. The molecular formula is C12H16F2O2. The van der Waals surface area contributed by atoms with Crippen LogP contribution < -0.4 is 0 Å². The minimum Gasteiger partial charge on any atom is -0.507 e. The molecule has 0 heterocycles. The maximum atomic E-state index is 12.7. The van der Waals surface area contributed by atoms with Gasteiger partial charge >= 0.3 is 0 Å². The van der Waals surface area contributed by atoms with Crippen molar-refractivity contribution in [1.82, 2.24) is 0 Å². The summed E-state index contributed by atoms with van der Waals surface area (Å²) in [5.41, 5.74) is 0.424. The Bertz CT molecular complexity index is 344. The molecule has 2 N–H and O–H groups in total. The van der Waals surface area contributed by atoms with Crippen molar-refractivity contribution in [2.24, 2.45) is 0 Å². The van der Waals surface area contributed by atoms with Crippen molar-refractivity contribution in [2.45, 2.75) is 39.2 Å². The first-order chi connectivity index (χ1) is 7.34. The lowest BCUT2D eigenvalue weighted by Crippen LogP contribution is -2.00. The fraction of sp³-hybridized carbons (Fsp3) is 0.500. The zero-order valence-corrected chi connectivity index (χ0v) is 9.54. The summed E-state index contributed by atoms with van der Waals surface area (Å²) in [6.07, 6.45) is -3.70. The third-order valence-electron chi connectivity index (χ3n) is 2.54. The Balaban J connectivity index is 3.39. The van der Waals surface area contributed by atoms with Gasteiger partial charge in [-0.25, -0.2) is 8.78 Å². The van der Waals surface area contributed by atoms with Gasteiger partial charge in [-0.2, -0.15) is 0 Å². The molecule has 0 aromatic heterocycles. The number of hydrogen-bond donors (Lipinski definition) is 2. The summed E-state index contributed by atoms with van der Waals surface area (Å²) in [5, 5.41) is 19.0. The number of aliphatic hydroxyl groups excluding tert-OH is 1. The molecule has 0 spiro atoms. The number of hydrogen-bond acceptors (Lipinski definition) is 2. The Morgan fingerprint density at radius 3 is 1.94 bits per heavy atom. The molecular weight excluding hydrogens is 214 g/mol. The maximum Gasteiger partial charge on any atom is 0.267 e. The van der Waals surface area contributed by atoms with E-state index in [4.69, 9.17) is 0 Å². The Kier molecular flexibility index (Phi) is 3.86. The van der Waals surface area contributed by atoms with Gasteiger partial charge in [0.05, 0.1) is 11.7 Å². The molecule has 1 rings (SSSR count). The van der Waals surface area contributed by atoms with Gasteiger partial charge in [0.1, 0.15) is 5.75 Å². The van der Waals surface area contributed by atoms with Crippen LogP contribution in [0.1, 0.15) is 55.9 Å². The van der Waals surface area contributed by atoms with Gasteiger partial charge in [-0.15, -0.1) is 0 Å². The lowest BCUT2D eigenvalue weighted by atomic mass is 9.95. The molecule has 0 aliphatic rings. The molecule has 0 saturated carbocycles. The molecule has 1 aromatic carbocycles. The van der Waals surface area contributed by atoms with E-state index in [1.165, 1.54) is 13.0 Å². The molecule has 0 radical (unpaired) electrons. The van der Waals surface area contributed by atoms with Gasteiger partial charge in [0.25, 0.3) is 6.43 Å². The zero-order chi connectivity index (χ0) is 12.5. The monoisotopic (exact) mass is 230 g/mol. The highest BCUT2D eigenvalue weighted by Gasteiger charge is 2.20. The van der Waals surface area contributed by atoms with Crippen LogP contribution in [-0.2, 0) is 0 Å². The van der Waals surface area contributed by atoms with Gasteiger partial charge < -0.3 is 10.2 Å². The lowest BCUT2D eigenvalue weighted by Gasteiger charge is -2.16. The highest BCUT2D eigenvalue weighted by molar-refractivity contribution is 5.46. The molecule has 1 atom stereocenters. The first-order valence-corrected chi connectivity index (χ1v) is 5.17. The number of alkyl halides is 2. The van der Waals surface area contributed by atoms with E-state index in [1.807, 2.05) is 13.8 Å². The van der Waals surface area contributed by atoms with Crippen molar-refractivity contribution < 1.29 is 19.0 Å². The Hall–Kier alpha value is -1.16. The second-order valence-electron chi connectivity index (χ2n) is 4.18. The van der Waals surface area contributed by atoms with Crippen LogP contribution in [0.2, 0.25) is 0 Å². The molecule has 0 saturated heterocycles. The molecule has 90 valence electrons. The van der Waals surface area contributed by atoms with E-state index >= 15 is 0 Å². The first-order valence-electron chi connectivity index (χ1n) is 5.17. The van der Waals surface area contributed by atoms with E-state index < -0.39 is 23.8 Å². The van der Waals surface area contributed by atoms with Crippen LogP contribution in [0.15, 0.2) is 12.1 Å². The number of phenolic OH excluding ortho intramolecular Hbond substituents is 1. The smallest absolute Gasteiger partial charge is 0.267 e. The van der Waals surface area contributed by atoms with Gasteiger partial charge in [-0.05, 0) is 30.5 Å². The molecule has 0 aliphatic carbocycles. The maximum absolute atomic E-state index is 12.7. The van der Waals surface area contributed by atoms with Gasteiger partial charge in [0.15, 0.2) is 0 Å². The first kappa shape index (κ1) is 12.9.